The summed E-state index contributed by atoms with van der Waals surface area (Å²) in [5, 5.41) is 22.2. The Bertz CT molecular complexity index is 593. The van der Waals surface area contributed by atoms with Gasteiger partial charge in [0.05, 0.1) is 0 Å². The van der Waals surface area contributed by atoms with Crippen LogP contribution in [-0.2, 0) is 4.79 Å². The molecule has 0 saturated heterocycles. The normalized spacial score (nSPS) is 14.3. The zero-order valence-corrected chi connectivity index (χ0v) is 10.8. The SMILES string of the molecule is CC(=O)NCC(O)C(O)c1ccc2nc(C)oc2c1. The van der Waals surface area contributed by atoms with Crippen molar-refractivity contribution in [3.63, 3.8) is 0 Å². The molecule has 2 unspecified atom stereocenters. The summed E-state index contributed by atoms with van der Waals surface area (Å²) in [6.45, 7) is 3.08. The molecular weight excluding hydrogens is 248 g/mol. The Hall–Kier alpha value is -1.92. The van der Waals surface area contributed by atoms with Gasteiger partial charge in [-0.15, -0.1) is 0 Å². The zero-order valence-electron chi connectivity index (χ0n) is 10.8. The molecule has 6 nitrogen and oxygen atoms in total. The van der Waals surface area contributed by atoms with E-state index in [0.29, 0.717) is 22.6 Å². The van der Waals surface area contributed by atoms with E-state index in [-0.39, 0.29) is 12.5 Å². The van der Waals surface area contributed by atoms with Crippen LogP contribution in [0.2, 0.25) is 0 Å². The van der Waals surface area contributed by atoms with E-state index >= 15 is 0 Å². The highest BCUT2D eigenvalue weighted by atomic mass is 16.3. The first-order valence-corrected chi connectivity index (χ1v) is 5.95. The number of nitrogens with one attached hydrogen (secondary N) is 1. The summed E-state index contributed by atoms with van der Waals surface area (Å²) in [5.74, 6) is 0.285. The topological polar surface area (TPSA) is 95.6 Å². The fourth-order valence-electron chi connectivity index (χ4n) is 1.82. The van der Waals surface area contributed by atoms with E-state index in [0.717, 1.165) is 0 Å². The molecule has 3 N–H and O–H groups in total. The molecule has 19 heavy (non-hydrogen) atoms. The van der Waals surface area contributed by atoms with Gasteiger partial charge in [-0.05, 0) is 17.7 Å². The molecule has 1 amide bonds. The summed E-state index contributed by atoms with van der Waals surface area (Å²) >= 11 is 0. The minimum Gasteiger partial charge on any atom is -0.441 e. The first-order valence-electron chi connectivity index (χ1n) is 5.95. The van der Waals surface area contributed by atoms with Gasteiger partial charge in [-0.25, -0.2) is 4.98 Å². The first kappa shape index (κ1) is 13.5. The summed E-state index contributed by atoms with van der Waals surface area (Å²) in [5.41, 5.74) is 1.77. The summed E-state index contributed by atoms with van der Waals surface area (Å²) < 4.78 is 5.36. The van der Waals surface area contributed by atoms with Gasteiger partial charge in [-0.1, -0.05) is 6.07 Å². The maximum Gasteiger partial charge on any atom is 0.216 e. The Morgan fingerprint density at radius 2 is 2.21 bits per heavy atom. The van der Waals surface area contributed by atoms with Crippen LogP contribution in [-0.4, -0.2) is 33.8 Å². The fraction of sp³-hybridized carbons (Fsp3) is 0.385. The van der Waals surface area contributed by atoms with Crippen molar-refractivity contribution < 1.29 is 19.4 Å². The lowest BCUT2D eigenvalue weighted by Crippen LogP contribution is -2.34. The molecule has 1 heterocycles. The number of aliphatic hydroxyl groups excluding tert-OH is 2. The van der Waals surface area contributed by atoms with Gasteiger partial charge in [0.2, 0.25) is 5.91 Å². The van der Waals surface area contributed by atoms with Crippen LogP contribution in [0.25, 0.3) is 11.1 Å². The molecule has 2 atom stereocenters. The monoisotopic (exact) mass is 264 g/mol. The van der Waals surface area contributed by atoms with E-state index in [4.69, 9.17) is 4.42 Å². The smallest absolute Gasteiger partial charge is 0.216 e. The second-order valence-corrected chi connectivity index (χ2v) is 4.41. The van der Waals surface area contributed by atoms with Gasteiger partial charge < -0.3 is 19.9 Å². The van der Waals surface area contributed by atoms with Crippen LogP contribution in [0.4, 0.5) is 0 Å². The molecule has 0 bridgehead atoms. The Morgan fingerprint density at radius 3 is 2.89 bits per heavy atom. The molecule has 102 valence electrons. The number of hydrogen-bond acceptors (Lipinski definition) is 5. The van der Waals surface area contributed by atoms with Gasteiger partial charge in [0, 0.05) is 20.4 Å². The molecule has 0 saturated carbocycles. The van der Waals surface area contributed by atoms with Crippen molar-refractivity contribution in [3.05, 3.63) is 29.7 Å². The average molecular weight is 264 g/mol. The Morgan fingerprint density at radius 1 is 1.47 bits per heavy atom. The number of aromatic nitrogens is 1. The number of nitrogens with zero attached hydrogens (tertiary/aromatic N) is 1. The number of oxazole rings is 1. The highest BCUT2D eigenvalue weighted by Gasteiger charge is 2.19. The molecule has 0 radical (unpaired) electrons. The lowest BCUT2D eigenvalue weighted by atomic mass is 10.0. The fourth-order valence-corrected chi connectivity index (χ4v) is 1.82. The predicted molar refractivity (Wildman–Crippen MR) is 68.4 cm³/mol. The van der Waals surface area contributed by atoms with Gasteiger partial charge in [0.25, 0.3) is 0 Å². The van der Waals surface area contributed by atoms with Gasteiger partial charge in [0.1, 0.15) is 17.7 Å². The molecule has 6 heteroatoms. The molecule has 0 aliphatic heterocycles. The average Bonchev–Trinajstić information content (AvgIpc) is 2.73. The number of hydrogen-bond donors (Lipinski definition) is 3. The molecule has 1 aromatic heterocycles. The summed E-state index contributed by atoms with van der Waals surface area (Å²) in [4.78, 5) is 14.9. The maximum absolute atomic E-state index is 10.8. The summed E-state index contributed by atoms with van der Waals surface area (Å²) in [7, 11) is 0. The van der Waals surface area contributed by atoms with Crippen LogP contribution in [0.1, 0.15) is 24.5 Å². The first-order chi connectivity index (χ1) is 8.97. The molecule has 0 spiro atoms. The molecule has 0 aliphatic carbocycles. The highest BCUT2D eigenvalue weighted by molar-refractivity contribution is 5.73. The third-order valence-electron chi connectivity index (χ3n) is 2.79. The molecule has 2 aromatic rings. The minimum atomic E-state index is -1.10. The van der Waals surface area contributed by atoms with Gasteiger partial charge in [0.15, 0.2) is 11.5 Å². The Kier molecular flexibility index (Phi) is 3.82. The Balaban J connectivity index is 2.15. The van der Waals surface area contributed by atoms with E-state index in [1.54, 1.807) is 25.1 Å². The van der Waals surface area contributed by atoms with Crippen LogP contribution in [0.3, 0.4) is 0 Å². The second-order valence-electron chi connectivity index (χ2n) is 4.41. The molecule has 0 fully saturated rings. The maximum atomic E-state index is 10.8. The van der Waals surface area contributed by atoms with Gasteiger partial charge in [-0.3, -0.25) is 4.79 Å². The number of carbonyl (C=O) groups is 1. The second kappa shape index (κ2) is 5.38. The number of amides is 1. The lowest BCUT2D eigenvalue weighted by molar-refractivity contribution is -0.119. The number of aliphatic hydroxyl groups is 2. The number of fused-ring (bicyclic) bond motifs is 1. The van der Waals surface area contributed by atoms with E-state index < -0.39 is 12.2 Å². The standard InChI is InChI=1S/C13H16N2O4/c1-7(16)14-6-11(17)13(18)9-3-4-10-12(5-9)19-8(2)15-10/h3-5,11,13,17-18H,6H2,1-2H3,(H,14,16). The molecular formula is C13H16N2O4. The van der Waals surface area contributed by atoms with Gasteiger partial charge >= 0.3 is 0 Å². The predicted octanol–water partition coefficient (Wildman–Crippen LogP) is 0.667. The van der Waals surface area contributed by atoms with Crippen molar-refractivity contribution >= 4 is 17.0 Å². The third kappa shape index (κ3) is 3.10. The minimum absolute atomic E-state index is 0.00995. The van der Waals surface area contributed by atoms with Crippen LogP contribution < -0.4 is 5.32 Å². The quantitative estimate of drug-likeness (QED) is 0.754. The number of benzene rings is 1. The van der Waals surface area contributed by atoms with E-state index in [2.05, 4.69) is 10.3 Å². The van der Waals surface area contributed by atoms with Crippen LogP contribution in [0.15, 0.2) is 22.6 Å². The number of aryl methyl sites for hydroxylation is 1. The van der Waals surface area contributed by atoms with Crippen molar-refractivity contribution in [3.8, 4) is 0 Å². The van der Waals surface area contributed by atoms with Crippen molar-refractivity contribution in [2.45, 2.75) is 26.1 Å². The van der Waals surface area contributed by atoms with E-state index in [1.165, 1.54) is 6.92 Å². The van der Waals surface area contributed by atoms with Crippen molar-refractivity contribution in [1.82, 2.24) is 10.3 Å². The molecule has 1 aromatic carbocycles. The van der Waals surface area contributed by atoms with E-state index in [1.807, 2.05) is 0 Å². The summed E-state index contributed by atoms with van der Waals surface area (Å²) in [6, 6.07) is 5.03. The molecule has 2 rings (SSSR count). The molecule has 0 aliphatic rings. The zero-order chi connectivity index (χ0) is 14.0. The number of carbonyl (C=O) groups excluding carboxylic acids is 1. The van der Waals surface area contributed by atoms with E-state index in [9.17, 15) is 15.0 Å². The van der Waals surface area contributed by atoms with Crippen molar-refractivity contribution in [2.75, 3.05) is 6.54 Å². The largest absolute Gasteiger partial charge is 0.441 e. The Labute approximate surface area is 110 Å². The lowest BCUT2D eigenvalue weighted by Gasteiger charge is -2.18. The van der Waals surface area contributed by atoms with Crippen molar-refractivity contribution in [2.24, 2.45) is 0 Å². The summed E-state index contributed by atoms with van der Waals surface area (Å²) in [6.07, 6.45) is -2.17. The highest BCUT2D eigenvalue weighted by Crippen LogP contribution is 2.22. The van der Waals surface area contributed by atoms with Crippen LogP contribution >= 0.6 is 0 Å². The van der Waals surface area contributed by atoms with Crippen LogP contribution in [0, 0.1) is 6.92 Å². The third-order valence-corrected chi connectivity index (χ3v) is 2.79. The van der Waals surface area contributed by atoms with Gasteiger partial charge in [-0.2, -0.15) is 0 Å². The van der Waals surface area contributed by atoms with Crippen LogP contribution in [0.5, 0.6) is 0 Å². The number of rotatable bonds is 4. The van der Waals surface area contributed by atoms with Crippen molar-refractivity contribution in [1.29, 1.82) is 0 Å².